The molecule has 0 heterocycles. The standard InChI is InChI=1S/C13H12F2O/c1-3-4-5-6-11(16)12-10(14)8-7-9(2)13(12)15/h1,7-8H,4-6H2,2H3. The molecule has 0 saturated heterocycles. The molecular weight excluding hydrogens is 210 g/mol. The number of terminal acetylenes is 1. The zero-order valence-electron chi connectivity index (χ0n) is 9.02. The maximum absolute atomic E-state index is 13.5. The van der Waals surface area contributed by atoms with Crippen molar-refractivity contribution in [2.24, 2.45) is 0 Å². The average Bonchev–Trinajstić information content (AvgIpc) is 2.24. The van der Waals surface area contributed by atoms with Crippen molar-refractivity contribution >= 4 is 5.78 Å². The molecule has 0 radical (unpaired) electrons. The third-order valence-corrected chi connectivity index (χ3v) is 2.29. The molecule has 0 aliphatic rings. The number of hydrogen-bond acceptors (Lipinski definition) is 1. The Morgan fingerprint density at radius 3 is 2.75 bits per heavy atom. The van der Waals surface area contributed by atoms with E-state index in [2.05, 4.69) is 5.92 Å². The second-order valence-corrected chi connectivity index (χ2v) is 3.53. The Hall–Kier alpha value is -1.69. The minimum atomic E-state index is -0.811. The Balaban J connectivity index is 2.91. The smallest absolute Gasteiger partial charge is 0.168 e. The summed E-state index contributed by atoms with van der Waals surface area (Å²) in [6.45, 7) is 1.49. The van der Waals surface area contributed by atoms with Crippen LogP contribution in [0.5, 0.6) is 0 Å². The zero-order valence-corrected chi connectivity index (χ0v) is 9.02. The van der Waals surface area contributed by atoms with Gasteiger partial charge in [0.15, 0.2) is 5.78 Å². The summed E-state index contributed by atoms with van der Waals surface area (Å²) in [6.07, 6.45) is 5.98. The molecule has 1 rings (SSSR count). The number of halogens is 2. The summed E-state index contributed by atoms with van der Waals surface area (Å²) in [4.78, 5) is 11.6. The van der Waals surface area contributed by atoms with Crippen molar-refractivity contribution in [3.63, 3.8) is 0 Å². The molecule has 0 aliphatic heterocycles. The third kappa shape index (κ3) is 2.66. The number of Topliss-reactive ketones (excluding diaryl/α,β-unsaturated/α-hetero) is 1. The maximum atomic E-state index is 13.5. The minimum absolute atomic E-state index is 0.0709. The van der Waals surface area contributed by atoms with E-state index in [1.54, 1.807) is 0 Å². The minimum Gasteiger partial charge on any atom is -0.294 e. The fourth-order valence-corrected chi connectivity index (χ4v) is 1.39. The van der Waals surface area contributed by atoms with Gasteiger partial charge < -0.3 is 0 Å². The quantitative estimate of drug-likeness (QED) is 0.434. The van der Waals surface area contributed by atoms with Gasteiger partial charge in [0.25, 0.3) is 0 Å². The van der Waals surface area contributed by atoms with Gasteiger partial charge in [-0.05, 0) is 25.0 Å². The van der Waals surface area contributed by atoms with Crippen molar-refractivity contribution < 1.29 is 13.6 Å². The number of ketones is 1. The molecule has 0 fully saturated rings. The third-order valence-electron chi connectivity index (χ3n) is 2.29. The molecule has 0 saturated carbocycles. The first-order valence-electron chi connectivity index (χ1n) is 4.99. The maximum Gasteiger partial charge on any atom is 0.168 e. The van der Waals surface area contributed by atoms with Gasteiger partial charge in [-0.2, -0.15) is 0 Å². The van der Waals surface area contributed by atoms with Crippen molar-refractivity contribution in [2.75, 3.05) is 0 Å². The number of carbonyl (C=O) groups is 1. The molecule has 0 unspecified atom stereocenters. The predicted octanol–water partition coefficient (Wildman–Crippen LogP) is 3.26. The van der Waals surface area contributed by atoms with Crippen molar-refractivity contribution in [3.05, 3.63) is 34.9 Å². The van der Waals surface area contributed by atoms with Gasteiger partial charge in [-0.25, -0.2) is 8.78 Å². The van der Waals surface area contributed by atoms with Gasteiger partial charge in [-0.1, -0.05) is 6.07 Å². The summed E-state index contributed by atoms with van der Waals surface area (Å²) in [5.74, 6) is 0.258. The van der Waals surface area contributed by atoms with Gasteiger partial charge in [0.1, 0.15) is 11.6 Å². The average molecular weight is 222 g/mol. The van der Waals surface area contributed by atoms with Crippen LogP contribution in [-0.4, -0.2) is 5.78 Å². The summed E-state index contributed by atoms with van der Waals surface area (Å²) in [7, 11) is 0. The summed E-state index contributed by atoms with van der Waals surface area (Å²) < 4.78 is 26.8. The first kappa shape index (κ1) is 12.4. The Morgan fingerprint density at radius 1 is 1.44 bits per heavy atom. The topological polar surface area (TPSA) is 17.1 Å². The van der Waals surface area contributed by atoms with Crippen LogP contribution in [-0.2, 0) is 0 Å². The van der Waals surface area contributed by atoms with E-state index in [9.17, 15) is 13.6 Å². The van der Waals surface area contributed by atoms with Gasteiger partial charge in [0, 0.05) is 12.8 Å². The van der Waals surface area contributed by atoms with Crippen LogP contribution in [0.3, 0.4) is 0 Å². The van der Waals surface area contributed by atoms with E-state index in [-0.39, 0.29) is 12.0 Å². The molecule has 0 atom stereocenters. The molecular formula is C13H12F2O. The number of aryl methyl sites for hydroxylation is 1. The van der Waals surface area contributed by atoms with Crippen LogP contribution in [0.1, 0.15) is 35.2 Å². The highest BCUT2D eigenvalue weighted by Gasteiger charge is 2.18. The molecule has 3 heteroatoms. The summed E-state index contributed by atoms with van der Waals surface area (Å²) in [6, 6.07) is 2.41. The van der Waals surface area contributed by atoms with Gasteiger partial charge in [0.2, 0.25) is 0 Å². The van der Waals surface area contributed by atoms with Crippen LogP contribution in [0.25, 0.3) is 0 Å². The highest BCUT2D eigenvalue weighted by molar-refractivity contribution is 5.96. The molecule has 1 nitrogen and oxygen atoms in total. The fourth-order valence-electron chi connectivity index (χ4n) is 1.39. The van der Waals surface area contributed by atoms with E-state index in [0.29, 0.717) is 12.8 Å². The molecule has 0 aliphatic carbocycles. The van der Waals surface area contributed by atoms with E-state index in [1.807, 2.05) is 0 Å². The number of benzene rings is 1. The van der Waals surface area contributed by atoms with Crippen molar-refractivity contribution in [2.45, 2.75) is 26.2 Å². The van der Waals surface area contributed by atoms with E-state index >= 15 is 0 Å². The second kappa shape index (κ2) is 5.41. The lowest BCUT2D eigenvalue weighted by Crippen LogP contribution is -2.07. The van der Waals surface area contributed by atoms with Crippen LogP contribution >= 0.6 is 0 Å². The van der Waals surface area contributed by atoms with Crippen LogP contribution in [0.4, 0.5) is 8.78 Å². The van der Waals surface area contributed by atoms with Gasteiger partial charge in [-0.3, -0.25) is 4.79 Å². The van der Waals surface area contributed by atoms with Crippen LogP contribution in [0.15, 0.2) is 12.1 Å². The molecule has 0 amide bonds. The number of rotatable bonds is 4. The monoisotopic (exact) mass is 222 g/mol. The van der Waals surface area contributed by atoms with Crippen LogP contribution < -0.4 is 0 Å². The summed E-state index contributed by atoms with van der Waals surface area (Å²) in [5, 5.41) is 0. The number of carbonyl (C=O) groups excluding carboxylic acids is 1. The largest absolute Gasteiger partial charge is 0.294 e. The van der Waals surface area contributed by atoms with Crippen molar-refractivity contribution in [1.82, 2.24) is 0 Å². The molecule has 1 aromatic carbocycles. The van der Waals surface area contributed by atoms with Gasteiger partial charge in [0.05, 0.1) is 5.56 Å². The Labute approximate surface area is 93.5 Å². The zero-order chi connectivity index (χ0) is 12.1. The molecule has 1 aromatic rings. The van der Waals surface area contributed by atoms with Crippen LogP contribution in [0.2, 0.25) is 0 Å². The fraction of sp³-hybridized carbons (Fsp3) is 0.308. The first-order valence-corrected chi connectivity index (χ1v) is 4.99. The predicted molar refractivity (Wildman–Crippen MR) is 58.1 cm³/mol. The molecule has 0 spiro atoms. The lowest BCUT2D eigenvalue weighted by molar-refractivity contribution is 0.0972. The van der Waals surface area contributed by atoms with E-state index in [0.717, 1.165) is 6.07 Å². The van der Waals surface area contributed by atoms with E-state index in [1.165, 1.54) is 13.0 Å². The van der Waals surface area contributed by atoms with Crippen LogP contribution in [0, 0.1) is 30.9 Å². The lowest BCUT2D eigenvalue weighted by atomic mass is 10.0. The highest BCUT2D eigenvalue weighted by atomic mass is 19.1. The lowest BCUT2D eigenvalue weighted by Gasteiger charge is -2.05. The summed E-state index contributed by atoms with van der Waals surface area (Å²) in [5.41, 5.74) is -0.182. The highest BCUT2D eigenvalue weighted by Crippen LogP contribution is 2.18. The SMILES string of the molecule is C#CCCCC(=O)c1c(F)ccc(C)c1F. The Bertz CT molecular complexity index is 444. The van der Waals surface area contributed by atoms with Crippen molar-refractivity contribution in [1.29, 1.82) is 0 Å². The van der Waals surface area contributed by atoms with Gasteiger partial charge in [-0.15, -0.1) is 12.3 Å². The molecule has 84 valence electrons. The normalized spacial score (nSPS) is 9.88. The molecule has 0 N–H and O–H groups in total. The Kier molecular flexibility index (Phi) is 4.19. The number of hydrogen-bond donors (Lipinski definition) is 0. The Morgan fingerprint density at radius 2 is 2.12 bits per heavy atom. The summed E-state index contributed by atoms with van der Waals surface area (Å²) >= 11 is 0. The molecule has 0 aromatic heterocycles. The second-order valence-electron chi connectivity index (χ2n) is 3.53. The molecule has 0 bridgehead atoms. The van der Waals surface area contributed by atoms with E-state index < -0.39 is 23.0 Å². The first-order chi connectivity index (χ1) is 7.57. The van der Waals surface area contributed by atoms with Crippen molar-refractivity contribution in [3.8, 4) is 12.3 Å². The number of unbranched alkanes of at least 4 members (excludes halogenated alkanes) is 1. The molecule has 16 heavy (non-hydrogen) atoms. The van der Waals surface area contributed by atoms with E-state index in [4.69, 9.17) is 6.42 Å². The van der Waals surface area contributed by atoms with Gasteiger partial charge >= 0.3 is 0 Å².